The van der Waals surface area contributed by atoms with Crippen molar-refractivity contribution in [1.82, 2.24) is 19.7 Å². The van der Waals surface area contributed by atoms with Crippen molar-refractivity contribution in [2.24, 2.45) is 5.92 Å². The SMILES string of the molecule is CC(C)CN1CC(=O)N2CCN(C(=O)c3ccc4cc[nH]c4c3)CCC2C1=O. The Bertz CT molecular complexity index is 919. The maximum Gasteiger partial charge on any atom is 0.253 e. The van der Waals surface area contributed by atoms with Crippen molar-refractivity contribution in [3.63, 3.8) is 0 Å². The van der Waals surface area contributed by atoms with Gasteiger partial charge < -0.3 is 19.7 Å². The lowest BCUT2D eigenvalue weighted by Gasteiger charge is -2.39. The van der Waals surface area contributed by atoms with Gasteiger partial charge in [-0.05, 0) is 35.9 Å². The molecule has 0 saturated carbocycles. The normalized spacial score (nSPS) is 20.7. The molecule has 0 spiro atoms. The lowest BCUT2D eigenvalue weighted by Crippen LogP contribution is -2.60. The minimum atomic E-state index is -0.455. The van der Waals surface area contributed by atoms with Crippen molar-refractivity contribution in [2.75, 3.05) is 32.7 Å². The summed E-state index contributed by atoms with van der Waals surface area (Å²) < 4.78 is 0. The first-order chi connectivity index (χ1) is 13.4. The van der Waals surface area contributed by atoms with Crippen LogP contribution in [0.1, 0.15) is 30.6 Å². The fourth-order valence-corrected chi connectivity index (χ4v) is 4.19. The molecule has 0 bridgehead atoms. The summed E-state index contributed by atoms with van der Waals surface area (Å²) in [6, 6.07) is 7.13. The molecule has 2 aliphatic rings. The summed E-state index contributed by atoms with van der Waals surface area (Å²) in [5.74, 6) is 0.244. The molecule has 1 atom stereocenters. The summed E-state index contributed by atoms with van der Waals surface area (Å²) in [7, 11) is 0. The number of carbonyl (C=O) groups excluding carboxylic acids is 3. The second kappa shape index (κ2) is 7.30. The van der Waals surface area contributed by atoms with E-state index in [1.807, 2.05) is 44.3 Å². The molecule has 1 aromatic heterocycles. The summed E-state index contributed by atoms with van der Waals surface area (Å²) in [5.41, 5.74) is 1.54. The van der Waals surface area contributed by atoms with Crippen LogP contribution in [-0.4, -0.2) is 76.2 Å². The molecule has 2 aliphatic heterocycles. The first-order valence-corrected chi connectivity index (χ1v) is 9.88. The zero-order valence-electron chi connectivity index (χ0n) is 16.4. The number of benzene rings is 1. The Hall–Kier alpha value is -2.83. The summed E-state index contributed by atoms with van der Waals surface area (Å²) in [6.45, 7) is 6.13. The molecule has 2 fully saturated rings. The number of aromatic amines is 1. The van der Waals surface area contributed by atoms with E-state index in [2.05, 4.69) is 4.98 Å². The molecule has 148 valence electrons. The van der Waals surface area contributed by atoms with Crippen LogP contribution in [0.15, 0.2) is 30.5 Å². The second-order valence-corrected chi connectivity index (χ2v) is 8.08. The highest BCUT2D eigenvalue weighted by Crippen LogP contribution is 2.22. The predicted octanol–water partition coefficient (Wildman–Crippen LogP) is 1.71. The molecule has 1 unspecified atom stereocenters. The minimum Gasteiger partial charge on any atom is -0.361 e. The molecule has 28 heavy (non-hydrogen) atoms. The topological polar surface area (TPSA) is 76.7 Å². The van der Waals surface area contributed by atoms with Crippen molar-refractivity contribution in [3.8, 4) is 0 Å². The highest BCUT2D eigenvalue weighted by Gasteiger charge is 2.41. The van der Waals surface area contributed by atoms with Crippen LogP contribution in [0.4, 0.5) is 0 Å². The number of carbonyl (C=O) groups is 3. The van der Waals surface area contributed by atoms with Gasteiger partial charge in [0.25, 0.3) is 5.91 Å². The maximum atomic E-state index is 13.0. The fourth-order valence-electron chi connectivity index (χ4n) is 4.19. The average molecular weight is 382 g/mol. The molecule has 7 nitrogen and oxygen atoms in total. The minimum absolute atomic E-state index is 0.00963. The van der Waals surface area contributed by atoms with Gasteiger partial charge in [-0.2, -0.15) is 0 Å². The van der Waals surface area contributed by atoms with E-state index >= 15 is 0 Å². The molecule has 1 N–H and O–H groups in total. The number of fused-ring (bicyclic) bond motifs is 2. The fraction of sp³-hybridized carbons (Fsp3) is 0.476. The Morgan fingerprint density at radius 2 is 2.00 bits per heavy atom. The lowest BCUT2D eigenvalue weighted by atomic mass is 10.1. The second-order valence-electron chi connectivity index (χ2n) is 8.08. The van der Waals surface area contributed by atoms with Crippen molar-refractivity contribution < 1.29 is 14.4 Å². The lowest BCUT2D eigenvalue weighted by molar-refractivity contribution is -0.156. The molecule has 7 heteroatoms. The van der Waals surface area contributed by atoms with Gasteiger partial charge in [-0.1, -0.05) is 19.9 Å². The Kier molecular flexibility index (Phi) is 4.83. The number of hydrogen-bond acceptors (Lipinski definition) is 3. The van der Waals surface area contributed by atoms with E-state index < -0.39 is 6.04 Å². The number of H-pyrrole nitrogens is 1. The van der Waals surface area contributed by atoms with E-state index in [0.29, 0.717) is 44.1 Å². The van der Waals surface area contributed by atoms with Crippen LogP contribution in [0.3, 0.4) is 0 Å². The highest BCUT2D eigenvalue weighted by atomic mass is 16.2. The van der Waals surface area contributed by atoms with E-state index in [1.165, 1.54) is 0 Å². The predicted molar refractivity (Wildman–Crippen MR) is 106 cm³/mol. The zero-order valence-corrected chi connectivity index (χ0v) is 16.4. The van der Waals surface area contributed by atoms with Crippen LogP contribution in [0.2, 0.25) is 0 Å². The Morgan fingerprint density at radius 1 is 1.18 bits per heavy atom. The van der Waals surface area contributed by atoms with Gasteiger partial charge in [0.15, 0.2) is 0 Å². The van der Waals surface area contributed by atoms with Crippen LogP contribution >= 0.6 is 0 Å². The number of amides is 3. The number of rotatable bonds is 3. The van der Waals surface area contributed by atoms with E-state index in [-0.39, 0.29) is 24.3 Å². The maximum absolute atomic E-state index is 13.0. The zero-order chi connectivity index (χ0) is 19.8. The number of nitrogens with zero attached hydrogens (tertiary/aromatic N) is 3. The molecular weight excluding hydrogens is 356 g/mol. The molecule has 4 rings (SSSR count). The van der Waals surface area contributed by atoms with Crippen molar-refractivity contribution in [3.05, 3.63) is 36.0 Å². The largest absolute Gasteiger partial charge is 0.361 e. The van der Waals surface area contributed by atoms with Crippen LogP contribution in [-0.2, 0) is 9.59 Å². The molecule has 1 aromatic carbocycles. The summed E-state index contributed by atoms with van der Waals surface area (Å²) >= 11 is 0. The number of hydrogen-bond donors (Lipinski definition) is 1. The van der Waals surface area contributed by atoms with Crippen LogP contribution in [0.5, 0.6) is 0 Å². The molecule has 3 amide bonds. The Morgan fingerprint density at radius 3 is 2.79 bits per heavy atom. The van der Waals surface area contributed by atoms with Crippen molar-refractivity contribution in [1.29, 1.82) is 0 Å². The van der Waals surface area contributed by atoms with Gasteiger partial charge in [0, 0.05) is 43.5 Å². The third-order valence-corrected chi connectivity index (χ3v) is 5.58. The van der Waals surface area contributed by atoms with Gasteiger partial charge in [0.1, 0.15) is 6.04 Å². The van der Waals surface area contributed by atoms with Crippen LogP contribution < -0.4 is 0 Å². The standard InChI is InChI=1S/C21H26N4O3/c1-14(2)12-24-13-19(26)25-10-9-23(8-6-18(25)21(24)28)20(27)16-4-3-15-5-7-22-17(15)11-16/h3-5,7,11,14,18,22H,6,8-10,12-13H2,1-2H3. The summed E-state index contributed by atoms with van der Waals surface area (Å²) in [4.78, 5) is 46.7. The third kappa shape index (κ3) is 3.37. The summed E-state index contributed by atoms with van der Waals surface area (Å²) in [5, 5.41) is 1.06. The van der Waals surface area contributed by atoms with Crippen molar-refractivity contribution >= 4 is 28.6 Å². The van der Waals surface area contributed by atoms with Gasteiger partial charge in [0.05, 0.1) is 6.54 Å². The molecule has 0 aliphatic carbocycles. The van der Waals surface area contributed by atoms with Gasteiger partial charge in [0.2, 0.25) is 11.8 Å². The van der Waals surface area contributed by atoms with Crippen LogP contribution in [0.25, 0.3) is 10.9 Å². The van der Waals surface area contributed by atoms with Crippen LogP contribution in [0, 0.1) is 5.92 Å². The first-order valence-electron chi connectivity index (χ1n) is 9.88. The Labute approximate surface area is 164 Å². The number of piperazine rings is 1. The van der Waals surface area contributed by atoms with Crippen molar-refractivity contribution in [2.45, 2.75) is 26.3 Å². The molecule has 3 heterocycles. The number of aromatic nitrogens is 1. The quantitative estimate of drug-likeness (QED) is 0.878. The third-order valence-electron chi connectivity index (χ3n) is 5.58. The summed E-state index contributed by atoms with van der Waals surface area (Å²) in [6.07, 6.45) is 2.33. The monoisotopic (exact) mass is 382 g/mol. The molecule has 2 saturated heterocycles. The van der Waals surface area contributed by atoms with E-state index in [9.17, 15) is 14.4 Å². The molecule has 0 radical (unpaired) electrons. The van der Waals surface area contributed by atoms with Gasteiger partial charge in [-0.15, -0.1) is 0 Å². The molecular formula is C21H26N4O3. The first kappa shape index (κ1) is 18.5. The smallest absolute Gasteiger partial charge is 0.253 e. The van der Waals surface area contributed by atoms with E-state index in [0.717, 1.165) is 10.9 Å². The molecule has 2 aromatic rings. The van der Waals surface area contributed by atoms with Gasteiger partial charge in [-0.3, -0.25) is 14.4 Å². The van der Waals surface area contributed by atoms with Gasteiger partial charge in [-0.25, -0.2) is 0 Å². The number of nitrogens with one attached hydrogen (secondary N) is 1. The van der Waals surface area contributed by atoms with Gasteiger partial charge >= 0.3 is 0 Å². The van der Waals surface area contributed by atoms with E-state index in [4.69, 9.17) is 0 Å². The highest BCUT2D eigenvalue weighted by molar-refractivity contribution is 5.98. The average Bonchev–Trinajstić information content (AvgIpc) is 3.01. The Balaban J connectivity index is 1.50. The van der Waals surface area contributed by atoms with E-state index in [1.54, 1.807) is 14.7 Å².